The summed E-state index contributed by atoms with van der Waals surface area (Å²) in [6, 6.07) is 1.62. The van der Waals surface area contributed by atoms with Crippen molar-refractivity contribution in [1.82, 2.24) is 0 Å². The Hall–Kier alpha value is 0.500. The predicted octanol–water partition coefficient (Wildman–Crippen LogP) is 1.96. The number of rotatable bonds is 18. The van der Waals surface area contributed by atoms with E-state index in [1.165, 1.54) is 138 Å². The molecule has 4 atom stereocenters. The van der Waals surface area contributed by atoms with Crippen LogP contribution < -0.4 is 24.8 Å². The summed E-state index contributed by atoms with van der Waals surface area (Å²) >= 11 is 0. The fraction of sp³-hybridized carbons (Fsp3) is 1.00. The molecule has 1 aliphatic rings. The van der Waals surface area contributed by atoms with E-state index in [0.717, 1.165) is 12.1 Å². The Morgan fingerprint density at radius 2 is 0.719 bits per heavy atom. The molecule has 0 saturated carbocycles. The molecule has 0 amide bonds. The largest absolute Gasteiger partial charge is 1.00 e. The number of halogens is 2. The molecule has 4 heteroatoms. The molecule has 0 N–H and O–H groups in total. The number of unbranched alkanes of at least 4 members (excludes halogenated alkanes) is 14. The van der Waals surface area contributed by atoms with Crippen LogP contribution in [0, 0.1) is 0 Å². The molecular weight excluding hydrogens is 435 g/mol. The van der Waals surface area contributed by atoms with Crippen LogP contribution in [0.2, 0.25) is 0 Å². The summed E-state index contributed by atoms with van der Waals surface area (Å²) in [5.74, 6) is 0. The quantitative estimate of drug-likeness (QED) is 0.202. The second kappa shape index (κ2) is 19.8. The molecule has 0 aliphatic carbocycles. The summed E-state index contributed by atoms with van der Waals surface area (Å²) in [4.78, 5) is 0. The molecule has 0 aromatic carbocycles. The van der Waals surface area contributed by atoms with Crippen LogP contribution in [-0.4, -0.2) is 61.3 Å². The predicted molar refractivity (Wildman–Crippen MR) is 136 cm³/mol. The maximum Gasteiger partial charge on any atom is 0.136 e. The highest BCUT2D eigenvalue weighted by Crippen LogP contribution is 2.28. The van der Waals surface area contributed by atoms with Crippen LogP contribution in [0.1, 0.15) is 130 Å². The van der Waals surface area contributed by atoms with Crippen molar-refractivity contribution in [3.05, 3.63) is 0 Å². The maximum atomic E-state index is 2.56. The van der Waals surface area contributed by atoms with E-state index in [0.29, 0.717) is 0 Å². The van der Waals surface area contributed by atoms with Crippen LogP contribution >= 0.6 is 0 Å². The van der Waals surface area contributed by atoms with Crippen molar-refractivity contribution in [2.24, 2.45) is 0 Å². The minimum Gasteiger partial charge on any atom is -1.00 e. The second-order valence-electron chi connectivity index (χ2n) is 11.4. The van der Waals surface area contributed by atoms with Crippen molar-refractivity contribution in [3.63, 3.8) is 0 Å². The zero-order chi connectivity index (χ0) is 22.3. The smallest absolute Gasteiger partial charge is 0.136 e. The molecule has 2 nitrogen and oxygen atoms in total. The van der Waals surface area contributed by atoms with Gasteiger partial charge in [-0.3, -0.25) is 0 Å². The molecule has 1 heterocycles. The van der Waals surface area contributed by atoms with Gasteiger partial charge >= 0.3 is 0 Å². The van der Waals surface area contributed by atoms with Crippen molar-refractivity contribution in [1.29, 1.82) is 0 Å². The molecule has 196 valence electrons. The molecule has 0 radical (unpaired) electrons. The zero-order valence-electron chi connectivity index (χ0n) is 22.9. The molecule has 0 aromatic rings. The Labute approximate surface area is 216 Å². The average molecular weight is 496 g/mol. The first-order chi connectivity index (χ1) is 14.4. The SMILES string of the molecule is CCCCCCCCCC[N+]1(C)C[C@H](C)[N+](C)(CCCCCCCCCC)C[C@H]1C.[Cl-].[Cl-]. The molecule has 1 saturated heterocycles. The average Bonchev–Trinajstić information content (AvgIpc) is 2.71. The van der Waals surface area contributed by atoms with Gasteiger partial charge in [0.05, 0.1) is 27.2 Å². The summed E-state index contributed by atoms with van der Waals surface area (Å²) in [5, 5.41) is 0. The third-order valence-electron chi connectivity index (χ3n) is 8.54. The summed E-state index contributed by atoms with van der Waals surface area (Å²) in [6.45, 7) is 15.3. The minimum absolute atomic E-state index is 0. The number of hydrogen-bond acceptors (Lipinski definition) is 0. The molecule has 32 heavy (non-hydrogen) atoms. The molecule has 2 unspecified atom stereocenters. The molecule has 0 aromatic heterocycles. The Balaban J connectivity index is 0. The van der Waals surface area contributed by atoms with E-state index in [1.54, 1.807) is 0 Å². The monoisotopic (exact) mass is 494 g/mol. The van der Waals surface area contributed by atoms with Gasteiger partial charge in [0.2, 0.25) is 0 Å². The maximum absolute atomic E-state index is 2.56. The zero-order valence-corrected chi connectivity index (χ0v) is 24.5. The second-order valence-corrected chi connectivity index (χ2v) is 11.4. The molecule has 0 spiro atoms. The lowest BCUT2D eigenvalue weighted by molar-refractivity contribution is -1.05. The van der Waals surface area contributed by atoms with E-state index in [4.69, 9.17) is 0 Å². The van der Waals surface area contributed by atoms with E-state index < -0.39 is 0 Å². The highest BCUT2D eigenvalue weighted by molar-refractivity contribution is 4.66. The number of hydrogen-bond donors (Lipinski definition) is 0. The van der Waals surface area contributed by atoms with Crippen molar-refractivity contribution in [3.8, 4) is 0 Å². The van der Waals surface area contributed by atoms with Gasteiger partial charge in [0.1, 0.15) is 25.2 Å². The molecular formula is C28H60Cl2N2. The van der Waals surface area contributed by atoms with Gasteiger partial charge < -0.3 is 33.8 Å². The van der Waals surface area contributed by atoms with Crippen LogP contribution in [0.3, 0.4) is 0 Å². The van der Waals surface area contributed by atoms with Gasteiger partial charge in [-0.25, -0.2) is 0 Å². The number of likely N-dealkylation sites (N-methyl/N-ethyl adjacent to an activating group) is 2. The first kappa shape index (κ1) is 34.7. The number of quaternary nitrogens is 2. The highest BCUT2D eigenvalue weighted by Gasteiger charge is 2.46. The molecule has 1 rings (SSSR count). The van der Waals surface area contributed by atoms with Crippen molar-refractivity contribution in [2.45, 2.75) is 143 Å². The summed E-state index contributed by atoms with van der Waals surface area (Å²) in [6.07, 6.45) is 23.0. The van der Waals surface area contributed by atoms with Crippen molar-refractivity contribution >= 4 is 0 Å². The van der Waals surface area contributed by atoms with E-state index in [2.05, 4.69) is 41.8 Å². The normalized spacial score (nSPS) is 27.6. The Bertz CT molecular complexity index is 382. The standard InChI is InChI=1S/C28H60N2.2ClH/c1-7-9-11-13-15-17-19-21-23-29(5)25-28(4)30(6,26-27(29)3)24-22-20-18-16-14-12-10-8-2;;/h27-28H,7-26H2,1-6H3;2*1H/q+2;;/p-2/t27-,28+,29?,30?;;. The van der Waals surface area contributed by atoms with Crippen LogP contribution in [0.15, 0.2) is 0 Å². The molecule has 1 aliphatic heterocycles. The lowest BCUT2D eigenvalue weighted by atomic mass is 9.99. The molecule has 0 bridgehead atoms. The van der Waals surface area contributed by atoms with Crippen molar-refractivity contribution < 1.29 is 33.8 Å². The lowest BCUT2D eigenvalue weighted by Gasteiger charge is -2.54. The van der Waals surface area contributed by atoms with Crippen LogP contribution in [-0.2, 0) is 0 Å². The first-order valence-electron chi connectivity index (χ1n) is 14.1. The van der Waals surface area contributed by atoms with Gasteiger partial charge in [-0.1, -0.05) is 90.9 Å². The van der Waals surface area contributed by atoms with E-state index in [1.807, 2.05) is 0 Å². The van der Waals surface area contributed by atoms with Crippen molar-refractivity contribution in [2.75, 3.05) is 40.3 Å². The van der Waals surface area contributed by atoms with E-state index in [9.17, 15) is 0 Å². The Kier molecular flexibility index (Phi) is 21.4. The van der Waals surface area contributed by atoms with Crippen LogP contribution in [0.4, 0.5) is 0 Å². The van der Waals surface area contributed by atoms with Gasteiger partial charge in [0.15, 0.2) is 0 Å². The van der Waals surface area contributed by atoms with Gasteiger partial charge in [-0.05, 0) is 39.5 Å². The summed E-state index contributed by atoms with van der Waals surface area (Å²) < 4.78 is 2.64. The molecule has 1 fully saturated rings. The highest BCUT2D eigenvalue weighted by atomic mass is 35.5. The van der Waals surface area contributed by atoms with Gasteiger partial charge in [0, 0.05) is 0 Å². The summed E-state index contributed by atoms with van der Waals surface area (Å²) in [5.41, 5.74) is 0. The third-order valence-corrected chi connectivity index (χ3v) is 8.54. The van der Waals surface area contributed by atoms with E-state index >= 15 is 0 Å². The third kappa shape index (κ3) is 13.4. The Morgan fingerprint density at radius 3 is 1.00 bits per heavy atom. The number of nitrogens with zero attached hydrogens (tertiary/aromatic N) is 2. The first-order valence-corrected chi connectivity index (χ1v) is 14.1. The van der Waals surface area contributed by atoms with E-state index in [-0.39, 0.29) is 24.8 Å². The summed E-state index contributed by atoms with van der Waals surface area (Å²) in [7, 11) is 5.12. The fourth-order valence-corrected chi connectivity index (χ4v) is 5.80. The van der Waals surface area contributed by atoms with Gasteiger partial charge in [0.25, 0.3) is 0 Å². The van der Waals surface area contributed by atoms with Gasteiger partial charge in [-0.15, -0.1) is 0 Å². The number of piperazine rings is 1. The minimum atomic E-state index is 0. The Morgan fingerprint density at radius 1 is 0.469 bits per heavy atom. The lowest BCUT2D eigenvalue weighted by Crippen LogP contribution is -3.00. The topological polar surface area (TPSA) is 0 Å². The van der Waals surface area contributed by atoms with Crippen LogP contribution in [0.5, 0.6) is 0 Å². The van der Waals surface area contributed by atoms with Crippen LogP contribution in [0.25, 0.3) is 0 Å². The van der Waals surface area contributed by atoms with Gasteiger partial charge in [-0.2, -0.15) is 0 Å². The fourth-order valence-electron chi connectivity index (χ4n) is 5.80.